The van der Waals surface area contributed by atoms with Crippen LogP contribution in [0, 0.1) is 6.92 Å². The van der Waals surface area contributed by atoms with Crippen LogP contribution in [-0.4, -0.2) is 27.4 Å². The van der Waals surface area contributed by atoms with Gasteiger partial charge in [-0.05, 0) is 56.9 Å². The Hall–Kier alpha value is -2.60. The van der Waals surface area contributed by atoms with Gasteiger partial charge in [-0.3, -0.25) is 9.10 Å². The zero-order valence-corrected chi connectivity index (χ0v) is 16.9. The molecule has 1 aliphatic rings. The number of carbonyl (C=O) groups is 1. The van der Waals surface area contributed by atoms with Crippen molar-refractivity contribution in [1.29, 1.82) is 0 Å². The van der Waals surface area contributed by atoms with Gasteiger partial charge >= 0.3 is 0 Å². The molecule has 0 saturated carbocycles. The minimum atomic E-state index is -3.85. The fraction of sp³-hybridized carbons (Fsp3) is 0.318. The fourth-order valence-corrected chi connectivity index (χ4v) is 4.65. The monoisotopic (exact) mass is 398 g/mol. The summed E-state index contributed by atoms with van der Waals surface area (Å²) in [6.07, 6.45) is 6.53. The number of nitrogens with one attached hydrogen (secondary N) is 1. The van der Waals surface area contributed by atoms with E-state index in [0.29, 0.717) is 12.2 Å². The fourth-order valence-electron chi connectivity index (χ4n) is 3.21. The largest absolute Gasteiger partial charge is 0.351 e. The van der Waals surface area contributed by atoms with Crippen LogP contribution < -0.4 is 9.62 Å². The molecule has 0 saturated heterocycles. The van der Waals surface area contributed by atoms with Gasteiger partial charge in [0.25, 0.3) is 10.0 Å². The van der Waals surface area contributed by atoms with Crippen LogP contribution in [0.2, 0.25) is 0 Å². The maximum absolute atomic E-state index is 13.2. The van der Waals surface area contributed by atoms with Crippen LogP contribution in [0.15, 0.2) is 71.1 Å². The first-order chi connectivity index (χ1) is 13.5. The molecule has 0 radical (unpaired) electrons. The van der Waals surface area contributed by atoms with Crippen molar-refractivity contribution in [2.45, 2.75) is 37.5 Å². The van der Waals surface area contributed by atoms with Gasteiger partial charge in [-0.25, -0.2) is 8.42 Å². The van der Waals surface area contributed by atoms with E-state index >= 15 is 0 Å². The number of anilines is 1. The number of carbonyl (C=O) groups excluding carboxylic acids is 1. The van der Waals surface area contributed by atoms with Crippen molar-refractivity contribution in [3.8, 4) is 0 Å². The van der Waals surface area contributed by atoms with Crippen LogP contribution in [0.3, 0.4) is 0 Å². The van der Waals surface area contributed by atoms with Crippen molar-refractivity contribution in [1.82, 2.24) is 5.32 Å². The Morgan fingerprint density at radius 1 is 1.04 bits per heavy atom. The maximum atomic E-state index is 13.2. The highest BCUT2D eigenvalue weighted by molar-refractivity contribution is 7.92. The zero-order chi connectivity index (χ0) is 20.0. The second-order valence-corrected chi connectivity index (χ2v) is 8.91. The third-order valence-electron chi connectivity index (χ3n) is 4.84. The summed E-state index contributed by atoms with van der Waals surface area (Å²) in [6, 6.07) is 15.3. The number of aryl methyl sites for hydroxylation is 1. The normalized spacial score (nSPS) is 14.2. The van der Waals surface area contributed by atoms with Gasteiger partial charge in [0.1, 0.15) is 6.54 Å². The number of rotatable bonds is 7. The van der Waals surface area contributed by atoms with Gasteiger partial charge in [0.2, 0.25) is 5.91 Å². The lowest BCUT2D eigenvalue weighted by molar-refractivity contribution is -0.119. The molecule has 5 nitrogen and oxygen atoms in total. The van der Waals surface area contributed by atoms with Crippen molar-refractivity contribution >= 4 is 21.6 Å². The lowest BCUT2D eigenvalue weighted by atomic mass is 10.00. The molecule has 148 valence electrons. The molecule has 0 atom stereocenters. The van der Waals surface area contributed by atoms with E-state index in [-0.39, 0.29) is 17.3 Å². The number of sulfonamides is 1. The molecule has 1 amide bonds. The number of hydrogen-bond donors (Lipinski definition) is 1. The second-order valence-electron chi connectivity index (χ2n) is 7.05. The molecule has 0 spiro atoms. The Labute approximate surface area is 167 Å². The topological polar surface area (TPSA) is 66.5 Å². The summed E-state index contributed by atoms with van der Waals surface area (Å²) >= 11 is 0. The first kappa shape index (κ1) is 20.1. The summed E-state index contributed by atoms with van der Waals surface area (Å²) < 4.78 is 27.6. The predicted molar refractivity (Wildman–Crippen MR) is 112 cm³/mol. The number of nitrogens with zero attached hydrogens (tertiary/aromatic N) is 1. The zero-order valence-electron chi connectivity index (χ0n) is 16.1. The SMILES string of the molecule is Cc1ccc(N(CC(=O)NCC2=CCCCC2)S(=O)(=O)c2ccccc2)cc1. The Morgan fingerprint density at radius 3 is 2.39 bits per heavy atom. The molecule has 2 aromatic rings. The lowest BCUT2D eigenvalue weighted by Crippen LogP contribution is -2.41. The van der Waals surface area contributed by atoms with Crippen molar-refractivity contribution in [2.24, 2.45) is 0 Å². The molecule has 0 aliphatic heterocycles. The number of amides is 1. The van der Waals surface area contributed by atoms with Crippen LogP contribution in [-0.2, 0) is 14.8 Å². The van der Waals surface area contributed by atoms with E-state index in [1.807, 2.05) is 19.1 Å². The Bertz CT molecular complexity index is 936. The molecule has 0 bridgehead atoms. The Kier molecular flexibility index (Phi) is 6.52. The van der Waals surface area contributed by atoms with Gasteiger partial charge in [0, 0.05) is 6.54 Å². The second kappa shape index (κ2) is 9.06. The predicted octanol–water partition coefficient (Wildman–Crippen LogP) is 3.81. The van der Waals surface area contributed by atoms with E-state index in [9.17, 15) is 13.2 Å². The molecule has 6 heteroatoms. The van der Waals surface area contributed by atoms with Crippen LogP contribution in [0.4, 0.5) is 5.69 Å². The summed E-state index contributed by atoms with van der Waals surface area (Å²) in [6.45, 7) is 2.16. The highest BCUT2D eigenvalue weighted by Crippen LogP contribution is 2.24. The van der Waals surface area contributed by atoms with Gasteiger partial charge in [0.15, 0.2) is 0 Å². The molecule has 1 N–H and O–H groups in total. The van der Waals surface area contributed by atoms with Crippen LogP contribution >= 0.6 is 0 Å². The summed E-state index contributed by atoms with van der Waals surface area (Å²) in [7, 11) is -3.85. The quantitative estimate of drug-likeness (QED) is 0.721. The molecule has 0 heterocycles. The third-order valence-corrected chi connectivity index (χ3v) is 6.63. The van der Waals surface area contributed by atoms with Gasteiger partial charge < -0.3 is 5.32 Å². The van der Waals surface area contributed by atoms with E-state index in [1.165, 1.54) is 16.3 Å². The summed E-state index contributed by atoms with van der Waals surface area (Å²) in [5, 5.41) is 2.87. The average Bonchev–Trinajstić information content (AvgIpc) is 2.72. The Balaban J connectivity index is 1.81. The molecule has 0 aromatic heterocycles. The van der Waals surface area contributed by atoms with Crippen molar-refractivity contribution < 1.29 is 13.2 Å². The van der Waals surface area contributed by atoms with Crippen molar-refractivity contribution in [2.75, 3.05) is 17.4 Å². The number of allylic oxidation sites excluding steroid dienone is 1. The molecule has 0 unspecified atom stereocenters. The summed E-state index contributed by atoms with van der Waals surface area (Å²) in [5.74, 6) is -0.313. The van der Waals surface area contributed by atoms with Crippen LogP contribution in [0.1, 0.15) is 31.2 Å². The molecule has 2 aromatic carbocycles. The average molecular weight is 399 g/mol. The molecular weight excluding hydrogens is 372 g/mol. The minimum absolute atomic E-state index is 0.165. The van der Waals surface area contributed by atoms with Crippen LogP contribution in [0.5, 0.6) is 0 Å². The molecule has 28 heavy (non-hydrogen) atoms. The first-order valence-electron chi connectivity index (χ1n) is 9.56. The van der Waals surface area contributed by atoms with Crippen LogP contribution in [0.25, 0.3) is 0 Å². The van der Waals surface area contributed by atoms with Gasteiger partial charge in [-0.2, -0.15) is 0 Å². The smallest absolute Gasteiger partial charge is 0.264 e. The van der Waals surface area contributed by atoms with Gasteiger partial charge in [0.05, 0.1) is 10.6 Å². The Morgan fingerprint density at radius 2 is 1.75 bits per heavy atom. The van der Waals surface area contributed by atoms with E-state index in [1.54, 1.807) is 42.5 Å². The third kappa shape index (κ3) is 5.01. The minimum Gasteiger partial charge on any atom is -0.351 e. The van der Waals surface area contributed by atoms with E-state index < -0.39 is 10.0 Å². The molecule has 3 rings (SSSR count). The highest BCUT2D eigenvalue weighted by atomic mass is 32.2. The van der Waals surface area contributed by atoms with Gasteiger partial charge in [-0.1, -0.05) is 47.5 Å². The van der Waals surface area contributed by atoms with Gasteiger partial charge in [-0.15, -0.1) is 0 Å². The summed E-state index contributed by atoms with van der Waals surface area (Å²) in [5.41, 5.74) is 2.71. The van der Waals surface area contributed by atoms with E-state index in [0.717, 1.165) is 24.8 Å². The number of hydrogen-bond acceptors (Lipinski definition) is 3. The standard InChI is InChI=1S/C22H26N2O3S/c1-18-12-14-20(15-13-18)24(28(26,27)21-10-6-3-7-11-21)17-22(25)23-16-19-8-4-2-5-9-19/h3,6-8,10-15H,2,4-5,9,16-17H2,1H3,(H,23,25). The van der Waals surface area contributed by atoms with Crippen molar-refractivity contribution in [3.05, 3.63) is 71.8 Å². The summed E-state index contributed by atoms with van der Waals surface area (Å²) in [4.78, 5) is 12.7. The number of benzene rings is 2. The highest BCUT2D eigenvalue weighted by Gasteiger charge is 2.27. The molecule has 1 aliphatic carbocycles. The van der Waals surface area contributed by atoms with E-state index in [2.05, 4.69) is 11.4 Å². The maximum Gasteiger partial charge on any atom is 0.264 e. The first-order valence-corrected chi connectivity index (χ1v) is 11.0. The van der Waals surface area contributed by atoms with Crippen molar-refractivity contribution in [3.63, 3.8) is 0 Å². The lowest BCUT2D eigenvalue weighted by Gasteiger charge is -2.24. The van der Waals surface area contributed by atoms with E-state index in [4.69, 9.17) is 0 Å². The molecule has 0 fully saturated rings. The molecular formula is C22H26N2O3S.